The van der Waals surface area contributed by atoms with E-state index in [2.05, 4.69) is 4.98 Å². The van der Waals surface area contributed by atoms with Gasteiger partial charge < -0.3 is 14.4 Å². The molecule has 1 N–H and O–H groups in total. The summed E-state index contributed by atoms with van der Waals surface area (Å²) in [6.45, 7) is 1.83. The number of likely N-dealkylation sites (N-methyl/N-ethyl adjacent to an activating group) is 1. The second-order valence-electron chi connectivity index (χ2n) is 6.41. The number of piperidine rings is 1. The number of nitrogens with zero attached hydrogens (tertiary/aromatic N) is 3. The van der Waals surface area contributed by atoms with Crippen LogP contribution in [-0.2, 0) is 11.3 Å². The number of carbonyl (C=O) groups is 1. The molecule has 1 aromatic carbocycles. The SMILES string of the molecule is CN(CC(=O)N1CCC(O)CC1)Cc1ncc(-c2cccc(F)c2)o1. The zero-order chi connectivity index (χ0) is 17.8. The highest BCUT2D eigenvalue weighted by atomic mass is 19.1. The fraction of sp³-hybridized carbons (Fsp3) is 0.444. The van der Waals surface area contributed by atoms with Crippen LogP contribution in [0.1, 0.15) is 18.7 Å². The number of hydrogen-bond acceptors (Lipinski definition) is 5. The molecule has 1 aliphatic heterocycles. The van der Waals surface area contributed by atoms with Gasteiger partial charge in [-0.2, -0.15) is 0 Å². The van der Waals surface area contributed by atoms with E-state index < -0.39 is 0 Å². The first-order valence-corrected chi connectivity index (χ1v) is 8.36. The summed E-state index contributed by atoms with van der Waals surface area (Å²) < 4.78 is 18.9. The van der Waals surface area contributed by atoms with Crippen LogP contribution in [0.5, 0.6) is 0 Å². The molecule has 1 fully saturated rings. The van der Waals surface area contributed by atoms with Crippen molar-refractivity contribution < 1.29 is 18.7 Å². The lowest BCUT2D eigenvalue weighted by Crippen LogP contribution is -2.44. The van der Waals surface area contributed by atoms with Crippen LogP contribution in [0.4, 0.5) is 4.39 Å². The summed E-state index contributed by atoms with van der Waals surface area (Å²) in [5, 5.41) is 9.51. The number of aromatic nitrogens is 1. The second kappa shape index (κ2) is 7.76. The van der Waals surface area contributed by atoms with Gasteiger partial charge in [-0.15, -0.1) is 0 Å². The number of oxazole rings is 1. The lowest BCUT2D eigenvalue weighted by atomic mass is 10.1. The first-order chi connectivity index (χ1) is 12.0. The Morgan fingerprint density at radius 1 is 1.44 bits per heavy atom. The van der Waals surface area contributed by atoms with Crippen LogP contribution >= 0.6 is 0 Å². The van der Waals surface area contributed by atoms with Crippen molar-refractivity contribution in [3.8, 4) is 11.3 Å². The number of amides is 1. The molecule has 0 bridgehead atoms. The average molecular weight is 347 g/mol. The monoisotopic (exact) mass is 347 g/mol. The Hall–Kier alpha value is -2.25. The zero-order valence-corrected chi connectivity index (χ0v) is 14.2. The van der Waals surface area contributed by atoms with Crippen molar-refractivity contribution in [3.05, 3.63) is 42.2 Å². The van der Waals surface area contributed by atoms with E-state index in [-0.39, 0.29) is 24.4 Å². The molecule has 0 radical (unpaired) electrons. The third-order valence-corrected chi connectivity index (χ3v) is 4.29. The molecule has 1 amide bonds. The molecule has 7 heteroatoms. The van der Waals surface area contributed by atoms with Crippen molar-refractivity contribution in [2.24, 2.45) is 0 Å². The van der Waals surface area contributed by atoms with E-state index in [1.54, 1.807) is 23.2 Å². The van der Waals surface area contributed by atoms with E-state index in [4.69, 9.17) is 4.42 Å². The molecule has 0 saturated carbocycles. The van der Waals surface area contributed by atoms with Gasteiger partial charge in [0.05, 0.1) is 25.4 Å². The number of carbonyl (C=O) groups excluding carboxylic acids is 1. The van der Waals surface area contributed by atoms with Crippen molar-refractivity contribution in [1.82, 2.24) is 14.8 Å². The van der Waals surface area contributed by atoms with Gasteiger partial charge in [0.15, 0.2) is 5.76 Å². The van der Waals surface area contributed by atoms with Crippen LogP contribution in [0, 0.1) is 5.82 Å². The molecular weight excluding hydrogens is 325 g/mol. The summed E-state index contributed by atoms with van der Waals surface area (Å²) in [6, 6.07) is 6.14. The Balaban J connectivity index is 1.55. The predicted octanol–water partition coefficient (Wildman–Crippen LogP) is 1.90. The average Bonchev–Trinajstić information content (AvgIpc) is 3.03. The van der Waals surface area contributed by atoms with E-state index in [1.165, 1.54) is 12.1 Å². The van der Waals surface area contributed by atoms with Gasteiger partial charge in [0.2, 0.25) is 11.8 Å². The van der Waals surface area contributed by atoms with Crippen molar-refractivity contribution in [1.29, 1.82) is 0 Å². The van der Waals surface area contributed by atoms with Crippen LogP contribution in [0.3, 0.4) is 0 Å². The molecule has 25 heavy (non-hydrogen) atoms. The number of rotatable bonds is 5. The van der Waals surface area contributed by atoms with Crippen LogP contribution in [0.2, 0.25) is 0 Å². The number of benzene rings is 1. The topological polar surface area (TPSA) is 69.8 Å². The molecule has 1 saturated heterocycles. The minimum absolute atomic E-state index is 0.0336. The number of halogens is 1. The Morgan fingerprint density at radius 3 is 2.92 bits per heavy atom. The van der Waals surface area contributed by atoms with Gasteiger partial charge in [-0.3, -0.25) is 9.69 Å². The van der Waals surface area contributed by atoms with Gasteiger partial charge in [-0.05, 0) is 32.0 Å². The summed E-state index contributed by atoms with van der Waals surface area (Å²) in [4.78, 5) is 20.1. The fourth-order valence-corrected chi connectivity index (χ4v) is 2.89. The number of likely N-dealkylation sites (tertiary alicyclic amines) is 1. The minimum atomic E-state index is -0.329. The molecule has 3 rings (SSSR count). The fourth-order valence-electron chi connectivity index (χ4n) is 2.89. The maximum atomic E-state index is 13.3. The van der Waals surface area contributed by atoms with E-state index in [1.807, 2.05) is 11.9 Å². The maximum Gasteiger partial charge on any atom is 0.236 e. The van der Waals surface area contributed by atoms with Crippen molar-refractivity contribution in [2.75, 3.05) is 26.7 Å². The Morgan fingerprint density at radius 2 is 2.20 bits per heavy atom. The van der Waals surface area contributed by atoms with Gasteiger partial charge >= 0.3 is 0 Å². The van der Waals surface area contributed by atoms with E-state index in [9.17, 15) is 14.3 Å². The lowest BCUT2D eigenvalue weighted by molar-refractivity contribution is -0.134. The van der Waals surface area contributed by atoms with Crippen molar-refractivity contribution in [3.63, 3.8) is 0 Å². The molecule has 1 aromatic heterocycles. The van der Waals surface area contributed by atoms with E-state index in [0.717, 1.165) is 0 Å². The molecule has 6 nitrogen and oxygen atoms in total. The molecule has 2 aromatic rings. The maximum absolute atomic E-state index is 13.3. The summed E-state index contributed by atoms with van der Waals surface area (Å²) in [7, 11) is 1.82. The minimum Gasteiger partial charge on any atom is -0.439 e. The highest BCUT2D eigenvalue weighted by Crippen LogP contribution is 2.21. The summed E-state index contributed by atoms with van der Waals surface area (Å²) >= 11 is 0. The summed E-state index contributed by atoms with van der Waals surface area (Å²) in [6.07, 6.45) is 2.53. The molecule has 2 heterocycles. The van der Waals surface area contributed by atoms with E-state index >= 15 is 0 Å². The first-order valence-electron chi connectivity index (χ1n) is 8.36. The van der Waals surface area contributed by atoms with Gasteiger partial charge in [0.1, 0.15) is 5.82 Å². The molecule has 0 spiro atoms. The third-order valence-electron chi connectivity index (χ3n) is 4.29. The van der Waals surface area contributed by atoms with E-state index in [0.29, 0.717) is 49.7 Å². The Bertz CT molecular complexity index is 726. The second-order valence-corrected chi connectivity index (χ2v) is 6.41. The largest absolute Gasteiger partial charge is 0.439 e. The van der Waals surface area contributed by atoms with Crippen LogP contribution in [0.25, 0.3) is 11.3 Å². The Kier molecular flexibility index (Phi) is 5.45. The number of aliphatic hydroxyl groups excluding tert-OH is 1. The zero-order valence-electron chi connectivity index (χ0n) is 14.2. The van der Waals surface area contributed by atoms with Gasteiger partial charge in [-0.25, -0.2) is 9.37 Å². The Labute approximate surface area is 145 Å². The van der Waals surface area contributed by atoms with Gasteiger partial charge in [-0.1, -0.05) is 12.1 Å². The summed E-state index contributed by atoms with van der Waals surface area (Å²) in [5.74, 6) is 0.680. The summed E-state index contributed by atoms with van der Waals surface area (Å²) in [5.41, 5.74) is 0.629. The predicted molar refractivity (Wildman–Crippen MR) is 90.1 cm³/mol. The molecule has 0 atom stereocenters. The van der Waals surface area contributed by atoms with Crippen molar-refractivity contribution in [2.45, 2.75) is 25.5 Å². The van der Waals surface area contributed by atoms with Gasteiger partial charge in [0, 0.05) is 18.7 Å². The van der Waals surface area contributed by atoms with Crippen LogP contribution < -0.4 is 0 Å². The van der Waals surface area contributed by atoms with Crippen molar-refractivity contribution >= 4 is 5.91 Å². The smallest absolute Gasteiger partial charge is 0.236 e. The standard InChI is InChI=1S/C18H22FN3O3/c1-21(12-18(24)22-7-5-15(23)6-8-22)11-17-20-10-16(25-17)13-3-2-4-14(19)9-13/h2-4,9-10,15,23H,5-8,11-12H2,1H3. The number of aliphatic hydroxyl groups is 1. The highest BCUT2D eigenvalue weighted by molar-refractivity contribution is 5.78. The quantitative estimate of drug-likeness (QED) is 0.895. The lowest BCUT2D eigenvalue weighted by Gasteiger charge is -2.30. The molecule has 0 unspecified atom stereocenters. The molecule has 134 valence electrons. The molecule has 1 aliphatic rings. The van der Waals surface area contributed by atoms with Crippen LogP contribution in [0.15, 0.2) is 34.9 Å². The van der Waals surface area contributed by atoms with Crippen LogP contribution in [-0.4, -0.2) is 58.6 Å². The van der Waals surface area contributed by atoms with Gasteiger partial charge in [0.25, 0.3) is 0 Å². The highest BCUT2D eigenvalue weighted by Gasteiger charge is 2.22. The number of hydrogen-bond donors (Lipinski definition) is 1. The third kappa shape index (κ3) is 4.64. The molecule has 0 aliphatic carbocycles. The molecular formula is C18H22FN3O3. The normalized spacial score (nSPS) is 15.8. The first kappa shape index (κ1) is 17.6.